The molecule has 0 aliphatic carbocycles. The first kappa shape index (κ1) is 20.2. The summed E-state index contributed by atoms with van der Waals surface area (Å²) in [6, 6.07) is 9.81. The second-order valence-corrected chi connectivity index (χ2v) is 9.93. The summed E-state index contributed by atoms with van der Waals surface area (Å²) in [6.45, 7) is 7.10. The minimum absolute atomic E-state index is 0.0894. The molecule has 1 aromatic carbocycles. The van der Waals surface area contributed by atoms with Crippen LogP contribution in [0.1, 0.15) is 36.3 Å². The van der Waals surface area contributed by atoms with Crippen molar-refractivity contribution in [1.82, 2.24) is 9.71 Å². The number of aryl methyl sites for hydroxylation is 1. The van der Waals surface area contributed by atoms with Crippen molar-refractivity contribution in [1.29, 1.82) is 0 Å². The molecular weight excluding hydrogens is 398 g/mol. The van der Waals surface area contributed by atoms with Crippen molar-refractivity contribution in [2.24, 2.45) is 0 Å². The lowest BCUT2D eigenvalue weighted by Gasteiger charge is -2.18. The van der Waals surface area contributed by atoms with E-state index in [9.17, 15) is 13.2 Å². The van der Waals surface area contributed by atoms with Gasteiger partial charge in [0.05, 0.1) is 10.7 Å². The molecule has 0 unspecified atom stereocenters. The van der Waals surface area contributed by atoms with Crippen molar-refractivity contribution in [3.63, 3.8) is 0 Å². The fourth-order valence-electron chi connectivity index (χ4n) is 2.45. The first-order valence-corrected chi connectivity index (χ1v) is 10.9. The Balaban J connectivity index is 1.71. The molecule has 148 valence electrons. The van der Waals surface area contributed by atoms with E-state index in [0.717, 1.165) is 16.3 Å². The summed E-state index contributed by atoms with van der Waals surface area (Å²) in [5, 5.41) is 5.34. The number of hydrogen-bond acceptors (Lipinski definition) is 6. The molecule has 28 heavy (non-hydrogen) atoms. The maximum absolute atomic E-state index is 12.4. The van der Waals surface area contributed by atoms with Crippen LogP contribution >= 0.6 is 11.3 Å². The van der Waals surface area contributed by atoms with E-state index >= 15 is 0 Å². The lowest BCUT2D eigenvalue weighted by Crippen LogP contribution is -2.40. The maximum Gasteiger partial charge on any atom is 0.291 e. The zero-order valence-electron chi connectivity index (χ0n) is 15.9. The first-order valence-electron chi connectivity index (χ1n) is 8.51. The van der Waals surface area contributed by atoms with Crippen LogP contribution in [-0.2, 0) is 10.0 Å². The van der Waals surface area contributed by atoms with Gasteiger partial charge in [-0.3, -0.25) is 4.79 Å². The first-order chi connectivity index (χ1) is 13.0. The predicted octanol–water partition coefficient (Wildman–Crippen LogP) is 4.04. The number of anilines is 1. The molecule has 0 spiro atoms. The average Bonchev–Trinajstić information content (AvgIpc) is 3.23. The highest BCUT2D eigenvalue weighted by atomic mass is 32.2. The summed E-state index contributed by atoms with van der Waals surface area (Å²) >= 11 is 1.57. The Labute approximate surface area is 167 Å². The minimum Gasteiger partial charge on any atom is -0.438 e. The van der Waals surface area contributed by atoms with Crippen LogP contribution in [0.3, 0.4) is 0 Å². The molecule has 0 aliphatic rings. The molecular formula is C19H21N3O4S2. The van der Waals surface area contributed by atoms with Crippen LogP contribution in [0.2, 0.25) is 0 Å². The molecule has 0 saturated heterocycles. The number of thiazole rings is 1. The molecule has 0 fully saturated rings. The van der Waals surface area contributed by atoms with Crippen LogP contribution in [0.5, 0.6) is 0 Å². The normalized spacial score (nSPS) is 12.1. The molecule has 0 atom stereocenters. The van der Waals surface area contributed by atoms with Crippen molar-refractivity contribution >= 4 is 33.0 Å². The van der Waals surface area contributed by atoms with Crippen molar-refractivity contribution < 1.29 is 17.6 Å². The van der Waals surface area contributed by atoms with Gasteiger partial charge in [0.2, 0.25) is 5.09 Å². The molecule has 0 radical (unpaired) electrons. The van der Waals surface area contributed by atoms with Crippen LogP contribution in [0.25, 0.3) is 11.3 Å². The van der Waals surface area contributed by atoms with Gasteiger partial charge >= 0.3 is 0 Å². The van der Waals surface area contributed by atoms with Gasteiger partial charge in [-0.05, 0) is 52.0 Å². The van der Waals surface area contributed by atoms with Gasteiger partial charge in [0.1, 0.15) is 0 Å². The second-order valence-electron chi connectivity index (χ2n) is 7.26. The summed E-state index contributed by atoms with van der Waals surface area (Å²) in [6.07, 6.45) is 0. The maximum atomic E-state index is 12.4. The van der Waals surface area contributed by atoms with Gasteiger partial charge < -0.3 is 9.73 Å². The molecule has 1 amide bonds. The molecule has 3 rings (SSSR count). The Morgan fingerprint density at radius 1 is 1.11 bits per heavy atom. The molecule has 2 aromatic heterocycles. The number of aromatic nitrogens is 1. The quantitative estimate of drug-likeness (QED) is 0.650. The largest absolute Gasteiger partial charge is 0.438 e. The highest BCUT2D eigenvalue weighted by Crippen LogP contribution is 2.24. The molecule has 2 N–H and O–H groups in total. The number of benzene rings is 1. The van der Waals surface area contributed by atoms with Crippen LogP contribution in [0, 0.1) is 6.92 Å². The SMILES string of the molecule is Cc1nc(-c2ccc(NC(=O)c3ccc(S(=O)(=O)NC(C)(C)C)o3)cc2)cs1. The lowest BCUT2D eigenvalue weighted by molar-refractivity contribution is 0.0991. The number of sulfonamides is 1. The minimum atomic E-state index is -3.84. The lowest BCUT2D eigenvalue weighted by atomic mass is 10.1. The number of amides is 1. The van der Waals surface area contributed by atoms with E-state index in [-0.39, 0.29) is 10.9 Å². The molecule has 0 aliphatic heterocycles. The van der Waals surface area contributed by atoms with Crippen LogP contribution in [0.4, 0.5) is 5.69 Å². The summed E-state index contributed by atoms with van der Waals surface area (Å²) in [5.41, 5.74) is 1.73. The fourth-order valence-corrected chi connectivity index (χ4v) is 4.43. The molecule has 2 heterocycles. The van der Waals surface area contributed by atoms with Crippen LogP contribution in [0.15, 0.2) is 51.3 Å². The fraction of sp³-hybridized carbons (Fsp3) is 0.263. The van der Waals surface area contributed by atoms with E-state index < -0.39 is 21.5 Å². The van der Waals surface area contributed by atoms with Gasteiger partial charge in [-0.1, -0.05) is 12.1 Å². The van der Waals surface area contributed by atoms with E-state index in [2.05, 4.69) is 15.0 Å². The zero-order chi connectivity index (χ0) is 20.5. The number of nitrogens with zero attached hydrogens (tertiary/aromatic N) is 1. The molecule has 0 saturated carbocycles. The summed E-state index contributed by atoms with van der Waals surface area (Å²) < 4.78 is 32.3. The summed E-state index contributed by atoms with van der Waals surface area (Å²) in [4.78, 5) is 16.8. The Bertz CT molecular complexity index is 1090. The molecule has 0 bridgehead atoms. The van der Waals surface area contributed by atoms with Gasteiger partial charge in [-0.25, -0.2) is 18.1 Å². The number of nitrogens with one attached hydrogen (secondary N) is 2. The Kier molecular flexibility index (Phi) is 5.42. The summed E-state index contributed by atoms with van der Waals surface area (Å²) in [5.74, 6) is -0.622. The number of rotatable bonds is 5. The average molecular weight is 420 g/mol. The Hall–Kier alpha value is -2.49. The van der Waals surface area contributed by atoms with Crippen molar-refractivity contribution in [3.05, 3.63) is 52.5 Å². The summed E-state index contributed by atoms with van der Waals surface area (Å²) in [7, 11) is -3.84. The standard InChI is InChI=1S/C19H21N3O4S2/c1-12-20-15(11-27-12)13-5-7-14(8-6-13)21-18(23)16-9-10-17(26-16)28(24,25)22-19(2,3)4/h5-11,22H,1-4H3,(H,21,23). The van der Waals surface area contributed by atoms with E-state index in [0.29, 0.717) is 5.69 Å². The van der Waals surface area contributed by atoms with Crippen LogP contribution < -0.4 is 10.0 Å². The zero-order valence-corrected chi connectivity index (χ0v) is 17.6. The topological polar surface area (TPSA) is 101 Å². The Morgan fingerprint density at radius 3 is 2.36 bits per heavy atom. The third kappa shape index (κ3) is 4.86. The van der Waals surface area contributed by atoms with Gasteiger partial charge in [0.15, 0.2) is 5.76 Å². The third-order valence-corrected chi connectivity index (χ3v) is 5.97. The monoisotopic (exact) mass is 419 g/mol. The molecule has 7 nitrogen and oxygen atoms in total. The van der Waals surface area contributed by atoms with Gasteiger partial charge in [0, 0.05) is 22.2 Å². The predicted molar refractivity (Wildman–Crippen MR) is 109 cm³/mol. The van der Waals surface area contributed by atoms with E-state index in [1.807, 2.05) is 24.4 Å². The van der Waals surface area contributed by atoms with E-state index in [4.69, 9.17) is 4.42 Å². The second kappa shape index (κ2) is 7.50. The third-order valence-electron chi connectivity index (χ3n) is 3.57. The number of carbonyl (C=O) groups is 1. The Morgan fingerprint density at radius 2 is 1.79 bits per heavy atom. The molecule has 3 aromatic rings. The highest BCUT2D eigenvalue weighted by Gasteiger charge is 2.26. The van der Waals surface area contributed by atoms with Crippen molar-refractivity contribution in [3.8, 4) is 11.3 Å². The smallest absolute Gasteiger partial charge is 0.291 e. The van der Waals surface area contributed by atoms with Gasteiger partial charge in [-0.2, -0.15) is 0 Å². The van der Waals surface area contributed by atoms with Gasteiger partial charge in [-0.15, -0.1) is 11.3 Å². The highest BCUT2D eigenvalue weighted by molar-refractivity contribution is 7.89. The van der Waals surface area contributed by atoms with E-state index in [1.54, 1.807) is 44.2 Å². The van der Waals surface area contributed by atoms with Crippen LogP contribution in [-0.4, -0.2) is 24.8 Å². The number of furan rings is 1. The van der Waals surface area contributed by atoms with Gasteiger partial charge in [0.25, 0.3) is 15.9 Å². The van der Waals surface area contributed by atoms with Crippen molar-refractivity contribution in [2.75, 3.05) is 5.32 Å². The number of hydrogen-bond donors (Lipinski definition) is 2. The molecule has 9 heteroatoms. The van der Waals surface area contributed by atoms with Crippen molar-refractivity contribution in [2.45, 2.75) is 38.3 Å². The number of carbonyl (C=O) groups excluding carboxylic acids is 1. The van der Waals surface area contributed by atoms with E-state index in [1.165, 1.54) is 12.1 Å².